The Bertz CT molecular complexity index is 470. The molecule has 1 aromatic rings. The van der Waals surface area contributed by atoms with E-state index in [1.807, 2.05) is 6.92 Å². The van der Waals surface area contributed by atoms with E-state index in [4.69, 9.17) is 9.47 Å². The molecule has 118 valence electrons. The zero-order valence-corrected chi connectivity index (χ0v) is 12.5. The van der Waals surface area contributed by atoms with Crippen molar-refractivity contribution in [3.8, 4) is 0 Å². The van der Waals surface area contributed by atoms with Crippen molar-refractivity contribution in [3.63, 3.8) is 0 Å². The third-order valence-corrected chi connectivity index (χ3v) is 3.21. The van der Waals surface area contributed by atoms with Crippen LogP contribution in [0.4, 0.5) is 10.1 Å². The molecule has 0 aliphatic carbocycles. The summed E-state index contributed by atoms with van der Waals surface area (Å²) in [7, 11) is 3.24. The molecule has 0 aromatic heterocycles. The smallest absolute Gasteiger partial charge is 0.304 e. The Balaban J connectivity index is 2.82. The van der Waals surface area contributed by atoms with Crippen LogP contribution in [0.25, 0.3) is 0 Å². The van der Waals surface area contributed by atoms with Crippen molar-refractivity contribution in [2.45, 2.75) is 19.5 Å². The summed E-state index contributed by atoms with van der Waals surface area (Å²) in [6, 6.07) is 4.10. The van der Waals surface area contributed by atoms with Crippen molar-refractivity contribution in [3.05, 3.63) is 39.7 Å². The van der Waals surface area contributed by atoms with Crippen LogP contribution in [0.15, 0.2) is 18.2 Å². The summed E-state index contributed by atoms with van der Waals surface area (Å²) in [4.78, 5) is 12.0. The quantitative estimate of drug-likeness (QED) is 0.517. The zero-order chi connectivity index (χ0) is 15.8. The highest BCUT2D eigenvalue weighted by Gasteiger charge is 2.17. The van der Waals surface area contributed by atoms with Gasteiger partial charge in [0.1, 0.15) is 0 Å². The van der Waals surface area contributed by atoms with Crippen LogP contribution in [0.5, 0.6) is 0 Å². The summed E-state index contributed by atoms with van der Waals surface area (Å²) >= 11 is 0. The average molecular weight is 300 g/mol. The van der Waals surface area contributed by atoms with Gasteiger partial charge in [-0.1, -0.05) is 6.07 Å². The molecule has 1 rings (SSSR count). The highest BCUT2D eigenvalue weighted by Crippen LogP contribution is 2.19. The fourth-order valence-corrected chi connectivity index (χ4v) is 2.04. The van der Waals surface area contributed by atoms with Crippen LogP contribution in [-0.2, 0) is 16.0 Å². The second-order valence-corrected chi connectivity index (χ2v) is 4.81. The Morgan fingerprint density at radius 2 is 2.10 bits per heavy atom. The highest BCUT2D eigenvalue weighted by atomic mass is 19.1. The van der Waals surface area contributed by atoms with E-state index in [0.29, 0.717) is 31.9 Å². The third-order valence-electron chi connectivity index (χ3n) is 3.21. The lowest BCUT2D eigenvalue weighted by atomic mass is 10.1. The number of ether oxygens (including phenoxy) is 2. The van der Waals surface area contributed by atoms with E-state index in [0.717, 1.165) is 0 Å². The van der Waals surface area contributed by atoms with Crippen LogP contribution in [0.1, 0.15) is 12.5 Å². The minimum Gasteiger partial charge on any atom is -0.383 e. The topological polar surface area (TPSA) is 64.8 Å². The molecule has 6 nitrogen and oxygen atoms in total. The van der Waals surface area contributed by atoms with Gasteiger partial charge in [0.2, 0.25) is 5.82 Å². The lowest BCUT2D eigenvalue weighted by Crippen LogP contribution is -2.38. The van der Waals surface area contributed by atoms with Gasteiger partial charge in [0.05, 0.1) is 18.1 Å². The molecule has 0 radical (unpaired) electrons. The molecule has 1 unspecified atom stereocenters. The van der Waals surface area contributed by atoms with E-state index in [1.54, 1.807) is 20.3 Å². The molecule has 0 heterocycles. The van der Waals surface area contributed by atoms with Gasteiger partial charge in [-0.15, -0.1) is 0 Å². The van der Waals surface area contributed by atoms with Crippen LogP contribution in [0, 0.1) is 15.9 Å². The molecule has 7 heteroatoms. The second-order valence-electron chi connectivity index (χ2n) is 4.81. The molecule has 1 atom stereocenters. The highest BCUT2D eigenvalue weighted by molar-refractivity contribution is 5.35. The summed E-state index contributed by atoms with van der Waals surface area (Å²) in [5, 5.41) is 10.6. The Morgan fingerprint density at radius 3 is 2.62 bits per heavy atom. The standard InChI is InChI=1S/C14H21FN2O4/c1-11(10-21-3)16(6-7-20-2)9-12-4-5-14(17(18)19)13(15)8-12/h4-5,8,11H,6-7,9-10H2,1-3H3. The fraction of sp³-hybridized carbons (Fsp3) is 0.571. The molecular weight excluding hydrogens is 279 g/mol. The van der Waals surface area contributed by atoms with Gasteiger partial charge in [-0.3, -0.25) is 15.0 Å². The van der Waals surface area contributed by atoms with E-state index in [1.165, 1.54) is 12.1 Å². The summed E-state index contributed by atoms with van der Waals surface area (Å²) in [5.41, 5.74) is 0.171. The summed E-state index contributed by atoms with van der Waals surface area (Å²) in [6.07, 6.45) is 0. The summed E-state index contributed by atoms with van der Waals surface area (Å²) in [6.45, 7) is 4.23. The monoisotopic (exact) mass is 300 g/mol. The number of nitro groups is 1. The first-order chi connectivity index (χ1) is 9.99. The molecule has 0 fully saturated rings. The molecule has 0 amide bonds. The Kier molecular flexibility index (Phi) is 7.21. The molecule has 0 saturated carbocycles. The molecule has 21 heavy (non-hydrogen) atoms. The number of nitro benzene ring substituents is 1. The Labute approximate surface area is 123 Å². The first-order valence-corrected chi connectivity index (χ1v) is 6.64. The SMILES string of the molecule is COCCN(Cc1ccc([N+](=O)[O-])c(F)c1)C(C)COC. The average Bonchev–Trinajstić information content (AvgIpc) is 2.43. The Morgan fingerprint density at radius 1 is 1.38 bits per heavy atom. The van der Waals surface area contributed by atoms with Crippen molar-refractivity contribution in [2.24, 2.45) is 0 Å². The van der Waals surface area contributed by atoms with Crippen LogP contribution >= 0.6 is 0 Å². The van der Waals surface area contributed by atoms with E-state index < -0.39 is 16.4 Å². The number of hydrogen-bond donors (Lipinski definition) is 0. The van der Waals surface area contributed by atoms with Gasteiger partial charge in [-0.2, -0.15) is 4.39 Å². The molecule has 0 bridgehead atoms. The van der Waals surface area contributed by atoms with Gasteiger partial charge in [-0.25, -0.2) is 0 Å². The maximum Gasteiger partial charge on any atom is 0.304 e. The first kappa shape index (κ1) is 17.5. The second kappa shape index (κ2) is 8.66. The fourth-order valence-electron chi connectivity index (χ4n) is 2.04. The molecule has 0 aliphatic heterocycles. The van der Waals surface area contributed by atoms with Gasteiger partial charge in [0.15, 0.2) is 0 Å². The maximum absolute atomic E-state index is 13.6. The van der Waals surface area contributed by atoms with Gasteiger partial charge < -0.3 is 9.47 Å². The van der Waals surface area contributed by atoms with Crippen LogP contribution in [0.3, 0.4) is 0 Å². The molecule has 1 aromatic carbocycles. The summed E-state index contributed by atoms with van der Waals surface area (Å²) in [5.74, 6) is -0.816. The number of methoxy groups -OCH3 is 2. The van der Waals surface area contributed by atoms with E-state index in [2.05, 4.69) is 4.90 Å². The third kappa shape index (κ3) is 5.37. The number of halogens is 1. The predicted molar refractivity (Wildman–Crippen MR) is 76.7 cm³/mol. The minimum atomic E-state index is -0.816. The van der Waals surface area contributed by atoms with Crippen molar-refractivity contribution in [2.75, 3.05) is 34.0 Å². The zero-order valence-electron chi connectivity index (χ0n) is 12.5. The first-order valence-electron chi connectivity index (χ1n) is 6.64. The van der Waals surface area contributed by atoms with Crippen LogP contribution in [-0.4, -0.2) is 49.8 Å². The van der Waals surface area contributed by atoms with Gasteiger partial charge in [-0.05, 0) is 18.6 Å². The van der Waals surface area contributed by atoms with Gasteiger partial charge in [0.25, 0.3) is 0 Å². The molecule has 0 spiro atoms. The van der Waals surface area contributed by atoms with Crippen molar-refractivity contribution < 1.29 is 18.8 Å². The Hall–Kier alpha value is -1.57. The van der Waals surface area contributed by atoms with Crippen LogP contribution < -0.4 is 0 Å². The maximum atomic E-state index is 13.6. The van der Waals surface area contributed by atoms with Crippen molar-refractivity contribution in [1.29, 1.82) is 0 Å². The van der Waals surface area contributed by atoms with Gasteiger partial charge >= 0.3 is 5.69 Å². The van der Waals surface area contributed by atoms with E-state index in [-0.39, 0.29) is 6.04 Å². The van der Waals surface area contributed by atoms with E-state index in [9.17, 15) is 14.5 Å². The van der Waals surface area contributed by atoms with E-state index >= 15 is 0 Å². The van der Waals surface area contributed by atoms with Crippen molar-refractivity contribution in [1.82, 2.24) is 4.90 Å². The van der Waals surface area contributed by atoms with Crippen molar-refractivity contribution >= 4 is 5.69 Å². The summed E-state index contributed by atoms with van der Waals surface area (Å²) < 4.78 is 23.8. The molecular formula is C14H21FN2O4. The number of hydrogen-bond acceptors (Lipinski definition) is 5. The molecule has 0 N–H and O–H groups in total. The number of benzene rings is 1. The van der Waals surface area contributed by atoms with Gasteiger partial charge in [0, 0.05) is 39.4 Å². The lowest BCUT2D eigenvalue weighted by Gasteiger charge is -2.28. The minimum absolute atomic E-state index is 0.128. The normalized spacial score (nSPS) is 12.6. The predicted octanol–water partition coefficient (Wildman–Crippen LogP) is 2.22. The number of nitrogens with zero attached hydrogens (tertiary/aromatic N) is 2. The molecule has 0 saturated heterocycles. The van der Waals surface area contributed by atoms with Crippen LogP contribution in [0.2, 0.25) is 0 Å². The largest absolute Gasteiger partial charge is 0.383 e. The lowest BCUT2D eigenvalue weighted by molar-refractivity contribution is -0.387. The molecule has 0 aliphatic rings. The number of rotatable bonds is 9.